The van der Waals surface area contributed by atoms with Crippen molar-refractivity contribution in [3.05, 3.63) is 35.4 Å². The van der Waals surface area contributed by atoms with E-state index in [1.54, 1.807) is 0 Å². The lowest BCUT2D eigenvalue weighted by atomic mass is 9.77. The zero-order chi connectivity index (χ0) is 15.3. The molecule has 0 atom stereocenters. The van der Waals surface area contributed by atoms with Crippen LogP contribution in [0.15, 0.2) is 24.3 Å². The number of benzene rings is 1. The molecule has 1 fully saturated rings. The molecular weight excluding hydrogens is 266 g/mol. The van der Waals surface area contributed by atoms with Gasteiger partial charge in [-0.2, -0.15) is 0 Å². The highest BCUT2D eigenvalue weighted by molar-refractivity contribution is 5.88. The third-order valence-electron chi connectivity index (χ3n) is 4.32. The van der Waals surface area contributed by atoms with E-state index in [2.05, 4.69) is 11.4 Å². The number of aryl methyl sites for hydroxylation is 1. The predicted octanol–water partition coefficient (Wildman–Crippen LogP) is 2.79. The molecule has 1 aliphatic rings. The van der Waals surface area contributed by atoms with Gasteiger partial charge in [0.1, 0.15) is 0 Å². The molecule has 21 heavy (non-hydrogen) atoms. The lowest BCUT2D eigenvalue weighted by Gasteiger charge is -2.28. The average molecular weight is 289 g/mol. The van der Waals surface area contributed by atoms with Crippen molar-refractivity contribution in [3.63, 3.8) is 0 Å². The Morgan fingerprint density at radius 2 is 2.00 bits per heavy atom. The van der Waals surface area contributed by atoms with Crippen LogP contribution in [0.1, 0.15) is 49.7 Å². The van der Waals surface area contributed by atoms with Gasteiger partial charge < -0.3 is 10.4 Å². The van der Waals surface area contributed by atoms with Gasteiger partial charge in [0.05, 0.1) is 5.41 Å². The Balaban J connectivity index is 2.07. The Bertz CT molecular complexity index is 519. The summed E-state index contributed by atoms with van der Waals surface area (Å²) in [6.07, 6.45) is 4.46. The van der Waals surface area contributed by atoms with Crippen LogP contribution in [0.2, 0.25) is 0 Å². The minimum absolute atomic E-state index is 0.0518. The number of carbonyl (C=O) groups is 2. The third-order valence-corrected chi connectivity index (χ3v) is 4.32. The van der Waals surface area contributed by atoms with Crippen molar-refractivity contribution in [2.24, 2.45) is 0 Å². The lowest BCUT2D eigenvalue weighted by molar-refractivity contribution is -0.137. The minimum Gasteiger partial charge on any atom is -0.481 e. The van der Waals surface area contributed by atoms with Crippen molar-refractivity contribution in [1.29, 1.82) is 0 Å². The van der Waals surface area contributed by atoms with Gasteiger partial charge in [-0.15, -0.1) is 0 Å². The summed E-state index contributed by atoms with van der Waals surface area (Å²) in [5, 5.41) is 11.6. The summed E-state index contributed by atoms with van der Waals surface area (Å²) in [7, 11) is 0. The topological polar surface area (TPSA) is 66.4 Å². The van der Waals surface area contributed by atoms with E-state index in [4.69, 9.17) is 5.11 Å². The van der Waals surface area contributed by atoms with E-state index in [0.717, 1.165) is 36.8 Å². The smallest absolute Gasteiger partial charge is 0.303 e. The summed E-state index contributed by atoms with van der Waals surface area (Å²) in [5.74, 6) is -0.769. The summed E-state index contributed by atoms with van der Waals surface area (Å²) in [6, 6.07) is 8.18. The zero-order valence-corrected chi connectivity index (χ0v) is 12.5. The van der Waals surface area contributed by atoms with Crippen LogP contribution in [0.25, 0.3) is 0 Å². The number of rotatable bonds is 6. The molecule has 0 unspecified atom stereocenters. The minimum atomic E-state index is -0.821. The molecule has 0 aliphatic heterocycles. The van der Waals surface area contributed by atoms with Crippen LogP contribution < -0.4 is 5.32 Å². The Morgan fingerprint density at radius 1 is 1.29 bits per heavy atom. The summed E-state index contributed by atoms with van der Waals surface area (Å²) in [5.41, 5.74) is 1.84. The van der Waals surface area contributed by atoms with Crippen molar-refractivity contribution in [2.45, 2.75) is 50.9 Å². The van der Waals surface area contributed by atoms with Crippen LogP contribution in [0.3, 0.4) is 0 Å². The first-order valence-electron chi connectivity index (χ1n) is 7.62. The van der Waals surface area contributed by atoms with Gasteiger partial charge in [0.25, 0.3) is 0 Å². The van der Waals surface area contributed by atoms with Gasteiger partial charge in [-0.1, -0.05) is 42.7 Å². The van der Waals surface area contributed by atoms with Crippen molar-refractivity contribution in [2.75, 3.05) is 6.54 Å². The first kappa shape index (κ1) is 15.5. The molecular formula is C17H23NO3. The highest BCUT2D eigenvalue weighted by atomic mass is 16.4. The van der Waals surface area contributed by atoms with Gasteiger partial charge in [0, 0.05) is 13.0 Å². The Hall–Kier alpha value is -1.84. The number of carboxylic acids is 1. The largest absolute Gasteiger partial charge is 0.481 e. The number of hydrogen-bond donors (Lipinski definition) is 2. The highest BCUT2D eigenvalue weighted by Gasteiger charge is 2.42. The maximum atomic E-state index is 12.7. The normalized spacial score (nSPS) is 16.6. The standard InChI is InChI=1S/C17H23NO3/c1-13-6-4-7-14(12-13)17(9-2-3-10-17)16(21)18-11-5-8-15(19)20/h4,6-7,12H,2-3,5,8-11H2,1H3,(H,18,21)(H,19,20). The highest BCUT2D eigenvalue weighted by Crippen LogP contribution is 2.41. The zero-order valence-electron chi connectivity index (χ0n) is 12.5. The molecule has 4 nitrogen and oxygen atoms in total. The van der Waals surface area contributed by atoms with Crippen LogP contribution >= 0.6 is 0 Å². The molecule has 1 aliphatic carbocycles. The fourth-order valence-electron chi connectivity index (χ4n) is 3.18. The van der Waals surface area contributed by atoms with Crippen molar-refractivity contribution in [3.8, 4) is 0 Å². The van der Waals surface area contributed by atoms with Gasteiger partial charge in [0.15, 0.2) is 0 Å². The quantitative estimate of drug-likeness (QED) is 0.791. The fourth-order valence-corrected chi connectivity index (χ4v) is 3.18. The lowest BCUT2D eigenvalue weighted by Crippen LogP contribution is -2.43. The molecule has 0 saturated heterocycles. The van der Waals surface area contributed by atoms with Crippen LogP contribution in [0, 0.1) is 6.92 Å². The SMILES string of the molecule is Cc1cccc(C2(C(=O)NCCCC(=O)O)CCCC2)c1. The second kappa shape index (κ2) is 6.74. The molecule has 114 valence electrons. The molecule has 1 aromatic carbocycles. The molecule has 1 amide bonds. The molecule has 4 heteroatoms. The van der Waals surface area contributed by atoms with E-state index in [-0.39, 0.29) is 12.3 Å². The Kier molecular flexibility index (Phi) is 4.99. The summed E-state index contributed by atoms with van der Waals surface area (Å²) < 4.78 is 0. The van der Waals surface area contributed by atoms with Crippen molar-refractivity contribution >= 4 is 11.9 Å². The van der Waals surface area contributed by atoms with Crippen LogP contribution in [0.4, 0.5) is 0 Å². The first-order chi connectivity index (χ1) is 10.0. The van der Waals surface area contributed by atoms with E-state index in [0.29, 0.717) is 13.0 Å². The average Bonchev–Trinajstić information content (AvgIpc) is 2.94. The number of amides is 1. The Labute approximate surface area is 125 Å². The molecule has 0 bridgehead atoms. The second-order valence-corrected chi connectivity index (χ2v) is 5.91. The van der Waals surface area contributed by atoms with Crippen LogP contribution in [-0.2, 0) is 15.0 Å². The van der Waals surface area contributed by atoms with Gasteiger partial charge in [-0.25, -0.2) is 0 Å². The van der Waals surface area contributed by atoms with Crippen molar-refractivity contribution in [1.82, 2.24) is 5.32 Å². The van der Waals surface area contributed by atoms with E-state index in [9.17, 15) is 9.59 Å². The van der Waals surface area contributed by atoms with E-state index < -0.39 is 11.4 Å². The number of carboxylic acid groups (broad SMARTS) is 1. The maximum Gasteiger partial charge on any atom is 0.303 e. The Morgan fingerprint density at radius 3 is 2.62 bits per heavy atom. The molecule has 0 spiro atoms. The number of carbonyl (C=O) groups excluding carboxylic acids is 1. The molecule has 0 radical (unpaired) electrons. The fraction of sp³-hybridized carbons (Fsp3) is 0.529. The second-order valence-electron chi connectivity index (χ2n) is 5.91. The van der Waals surface area contributed by atoms with Gasteiger partial charge in [-0.3, -0.25) is 9.59 Å². The van der Waals surface area contributed by atoms with E-state index in [1.165, 1.54) is 0 Å². The summed E-state index contributed by atoms with van der Waals surface area (Å²) in [4.78, 5) is 23.2. The van der Waals surface area contributed by atoms with Crippen LogP contribution in [0.5, 0.6) is 0 Å². The maximum absolute atomic E-state index is 12.7. The van der Waals surface area contributed by atoms with Gasteiger partial charge in [0.2, 0.25) is 5.91 Å². The molecule has 0 heterocycles. The molecule has 1 saturated carbocycles. The predicted molar refractivity (Wildman–Crippen MR) is 81.2 cm³/mol. The van der Waals surface area contributed by atoms with Crippen LogP contribution in [-0.4, -0.2) is 23.5 Å². The number of hydrogen-bond acceptors (Lipinski definition) is 2. The van der Waals surface area contributed by atoms with Gasteiger partial charge >= 0.3 is 5.97 Å². The molecule has 1 aromatic rings. The van der Waals surface area contributed by atoms with Gasteiger partial charge in [-0.05, 0) is 31.7 Å². The molecule has 2 rings (SSSR count). The molecule has 0 aromatic heterocycles. The summed E-state index contributed by atoms with van der Waals surface area (Å²) in [6.45, 7) is 2.47. The first-order valence-corrected chi connectivity index (χ1v) is 7.62. The summed E-state index contributed by atoms with van der Waals surface area (Å²) >= 11 is 0. The van der Waals surface area contributed by atoms with E-state index >= 15 is 0 Å². The molecule has 2 N–H and O–H groups in total. The number of nitrogens with one attached hydrogen (secondary N) is 1. The number of aliphatic carboxylic acids is 1. The van der Waals surface area contributed by atoms with Crippen molar-refractivity contribution < 1.29 is 14.7 Å². The third kappa shape index (κ3) is 3.63. The van der Waals surface area contributed by atoms with E-state index in [1.807, 2.05) is 25.1 Å². The monoisotopic (exact) mass is 289 g/mol.